The van der Waals surface area contributed by atoms with Crippen molar-refractivity contribution in [1.82, 2.24) is 0 Å². The van der Waals surface area contributed by atoms with Gasteiger partial charge in [0, 0.05) is 0 Å². The summed E-state index contributed by atoms with van der Waals surface area (Å²) in [6.07, 6.45) is 3.75. The summed E-state index contributed by atoms with van der Waals surface area (Å²) in [4.78, 5) is 0. The van der Waals surface area contributed by atoms with E-state index in [0.29, 0.717) is 34.5 Å². The molecule has 6 rings (SSSR count). The van der Waals surface area contributed by atoms with Crippen molar-refractivity contribution >= 4 is 15.6 Å². The normalized spacial score (nSPS) is 14.1. The molecule has 0 aliphatic heterocycles. The van der Waals surface area contributed by atoms with E-state index in [0.717, 1.165) is 68.5 Å². The summed E-state index contributed by atoms with van der Waals surface area (Å²) in [5.74, 6) is 2.49. The van der Waals surface area contributed by atoms with Crippen molar-refractivity contribution < 1.29 is 36.3 Å². The van der Waals surface area contributed by atoms with Crippen LogP contribution in [0.4, 0.5) is 0 Å². The van der Waals surface area contributed by atoms with Gasteiger partial charge in [0.05, 0.1) is 0 Å². The van der Waals surface area contributed by atoms with Crippen LogP contribution in [0.25, 0.3) is 11.1 Å². The van der Waals surface area contributed by atoms with Crippen molar-refractivity contribution in [2.75, 3.05) is 0 Å². The second kappa shape index (κ2) is 16.1. The quantitative estimate of drug-likeness (QED) is 0.110. The van der Waals surface area contributed by atoms with E-state index >= 15 is 0 Å². The van der Waals surface area contributed by atoms with Crippen LogP contribution in [0.2, 0.25) is 0 Å². The van der Waals surface area contributed by atoms with Gasteiger partial charge in [0.15, 0.2) is 0 Å². The monoisotopic (exact) mass is 764 g/mol. The molecule has 0 spiro atoms. The Morgan fingerprint density at radius 2 is 0.759 bits per heavy atom. The molecule has 0 heterocycles. The van der Waals surface area contributed by atoms with Gasteiger partial charge >= 0.3 is 15.6 Å². The molecule has 54 heavy (non-hydrogen) atoms. The van der Waals surface area contributed by atoms with Crippen molar-refractivity contribution in [2.24, 2.45) is 0 Å². The molecule has 1 aliphatic rings. The van der Waals surface area contributed by atoms with Gasteiger partial charge in [0.2, 0.25) is 0 Å². The second-order valence-corrected chi connectivity index (χ2v) is 16.6. The third-order valence-corrected chi connectivity index (χ3v) is 11.7. The second-order valence-electron chi connectivity index (χ2n) is 13.7. The average molecular weight is 765 g/mol. The third kappa shape index (κ3) is 8.95. The highest BCUT2D eigenvalue weighted by atomic mass is 31.2. The summed E-state index contributed by atoms with van der Waals surface area (Å²) in [5.41, 5.74) is 8.43. The van der Waals surface area contributed by atoms with Crippen LogP contribution in [-0.2, 0) is 13.7 Å². The van der Waals surface area contributed by atoms with Gasteiger partial charge in [0.1, 0.15) is 34.5 Å². The van der Waals surface area contributed by atoms with Crippen LogP contribution in [0.15, 0.2) is 126 Å². The van der Waals surface area contributed by atoms with Gasteiger partial charge in [-0.1, -0.05) is 84.9 Å². The molecule has 10 heteroatoms. The van der Waals surface area contributed by atoms with Crippen LogP contribution in [0.3, 0.4) is 0 Å². The molecule has 0 radical (unpaired) electrons. The van der Waals surface area contributed by atoms with Gasteiger partial charge in [-0.15, -0.1) is 0 Å². The topological polar surface area (TPSA) is 89.5 Å². The number of phosphoric ester groups is 2. The highest BCUT2D eigenvalue weighted by Crippen LogP contribution is 2.55. The molecule has 0 bridgehead atoms. The van der Waals surface area contributed by atoms with E-state index in [-0.39, 0.29) is 0 Å². The van der Waals surface area contributed by atoms with Gasteiger partial charge in [-0.05, 0) is 148 Å². The maximum absolute atomic E-state index is 14.4. The number of aryl methyl sites for hydroxylation is 6. The first-order chi connectivity index (χ1) is 25.7. The van der Waals surface area contributed by atoms with Crippen LogP contribution >= 0.6 is 15.6 Å². The number of hydrogen-bond acceptors (Lipinski definition) is 8. The molecule has 0 N–H and O–H groups in total. The summed E-state index contributed by atoms with van der Waals surface area (Å²) >= 11 is 0. The number of para-hydroxylation sites is 3. The molecule has 1 atom stereocenters. The first-order valence-electron chi connectivity index (χ1n) is 17.9. The number of benzene rings is 5. The molecule has 5 aromatic carbocycles. The third-order valence-electron chi connectivity index (χ3n) is 9.23. The Labute approximate surface area is 318 Å². The molecular formula is C44H46O8P2. The Morgan fingerprint density at radius 1 is 0.426 bits per heavy atom. The predicted octanol–water partition coefficient (Wildman–Crippen LogP) is 13.4. The molecule has 0 amide bonds. The Kier molecular flexibility index (Phi) is 11.5. The Balaban J connectivity index is 1.24. The molecule has 5 aromatic rings. The minimum Gasteiger partial charge on any atom is -0.386 e. The van der Waals surface area contributed by atoms with Crippen LogP contribution in [-0.4, -0.2) is 0 Å². The lowest BCUT2D eigenvalue weighted by atomic mass is 10.00. The Bertz CT molecular complexity index is 2210. The zero-order valence-corrected chi connectivity index (χ0v) is 33.8. The van der Waals surface area contributed by atoms with Crippen LogP contribution in [0.5, 0.6) is 28.7 Å². The minimum atomic E-state index is -4.23. The van der Waals surface area contributed by atoms with Crippen molar-refractivity contribution in [3.05, 3.63) is 159 Å². The number of phosphoric acid groups is 2. The smallest absolute Gasteiger partial charge is 0.386 e. The minimum absolute atomic E-state index is 0.304. The number of rotatable bonds is 13. The van der Waals surface area contributed by atoms with E-state index < -0.39 is 15.6 Å². The Hall–Kier alpha value is -5.16. The molecule has 1 aliphatic carbocycles. The van der Waals surface area contributed by atoms with E-state index in [1.807, 2.05) is 134 Å². The molecular weight excluding hydrogens is 718 g/mol. The lowest BCUT2D eigenvalue weighted by Gasteiger charge is -2.25. The van der Waals surface area contributed by atoms with Gasteiger partial charge in [-0.2, -0.15) is 9.13 Å². The van der Waals surface area contributed by atoms with Gasteiger partial charge < -0.3 is 27.1 Å². The zero-order chi connectivity index (χ0) is 38.6. The maximum Gasteiger partial charge on any atom is 0.647 e. The van der Waals surface area contributed by atoms with E-state index in [2.05, 4.69) is 6.08 Å². The van der Waals surface area contributed by atoms with Crippen molar-refractivity contribution in [3.63, 3.8) is 0 Å². The number of allylic oxidation sites excluding steroid dienone is 3. The highest BCUT2D eigenvalue weighted by molar-refractivity contribution is 7.50. The maximum atomic E-state index is 14.4. The summed E-state index contributed by atoms with van der Waals surface area (Å²) < 4.78 is 65.5. The lowest BCUT2D eigenvalue weighted by Crippen LogP contribution is -2.10. The van der Waals surface area contributed by atoms with E-state index in [1.54, 1.807) is 24.3 Å². The fourth-order valence-electron chi connectivity index (χ4n) is 6.26. The Morgan fingerprint density at radius 3 is 1.09 bits per heavy atom. The summed E-state index contributed by atoms with van der Waals surface area (Å²) in [7, 11) is -8.44. The van der Waals surface area contributed by atoms with Crippen LogP contribution in [0, 0.1) is 41.5 Å². The summed E-state index contributed by atoms with van der Waals surface area (Å²) in [6, 6.07) is 31.3. The van der Waals surface area contributed by atoms with Gasteiger partial charge in [0.25, 0.3) is 0 Å². The SMILES string of the molecule is CC1=CCCC(C)=C1OP(=O)(Oc1ccc(-c2ccc(OP(=O)(Oc3c(C)cccc3C)Oc3c(C)cccc3C)cc2)cc1)Oc1c(C)cccc1C. The number of hydrogen-bond donors (Lipinski definition) is 0. The average Bonchev–Trinajstić information content (AvgIpc) is 3.12. The molecule has 0 aromatic heterocycles. The largest absolute Gasteiger partial charge is 0.647 e. The van der Waals surface area contributed by atoms with Crippen molar-refractivity contribution in [2.45, 2.75) is 68.2 Å². The molecule has 1 unspecified atom stereocenters. The standard InChI is InChI=1S/C44H46O8P2/c1-29-13-9-14-30(2)41(29)49-53(45,50-42-31(3)15-10-16-32(42)4)47-39-25-21-37(22-26-39)38-23-27-40(28-24-38)48-54(46,51-43-33(5)17-11-18-34(43)6)52-44-35(7)19-12-20-36(44)8/h9-11,13-19,21-28H,12,20H2,1-8H3. The molecule has 0 fully saturated rings. The van der Waals surface area contributed by atoms with Crippen molar-refractivity contribution in [3.8, 4) is 39.9 Å². The summed E-state index contributed by atoms with van der Waals surface area (Å²) in [6.45, 7) is 15.2. The predicted molar refractivity (Wildman–Crippen MR) is 215 cm³/mol. The molecule has 0 saturated heterocycles. The summed E-state index contributed by atoms with van der Waals surface area (Å²) in [5, 5.41) is 0. The fourth-order valence-corrected chi connectivity index (χ4v) is 9.30. The zero-order valence-electron chi connectivity index (χ0n) is 32.0. The van der Waals surface area contributed by atoms with E-state index in [4.69, 9.17) is 27.1 Å². The molecule has 280 valence electrons. The van der Waals surface area contributed by atoms with Gasteiger partial charge in [-0.25, -0.2) is 0 Å². The first-order valence-corrected chi connectivity index (χ1v) is 20.8. The van der Waals surface area contributed by atoms with Crippen molar-refractivity contribution in [1.29, 1.82) is 0 Å². The van der Waals surface area contributed by atoms with E-state index in [1.165, 1.54) is 0 Å². The van der Waals surface area contributed by atoms with E-state index in [9.17, 15) is 9.13 Å². The first kappa shape index (κ1) is 38.6. The van der Waals surface area contributed by atoms with Gasteiger partial charge in [-0.3, -0.25) is 0 Å². The molecule has 8 nitrogen and oxygen atoms in total. The molecule has 0 saturated carbocycles. The van der Waals surface area contributed by atoms with Crippen LogP contribution < -0.4 is 22.6 Å². The fraction of sp³-hybridized carbons (Fsp3) is 0.227. The lowest BCUT2D eigenvalue weighted by molar-refractivity contribution is 0.256. The highest BCUT2D eigenvalue weighted by Gasteiger charge is 2.37. The van der Waals surface area contributed by atoms with Crippen LogP contribution in [0.1, 0.15) is 60.1 Å².